The second-order valence-electron chi connectivity index (χ2n) is 5.15. The molecule has 0 aromatic heterocycles. The van der Waals surface area contributed by atoms with E-state index < -0.39 is 11.4 Å². The van der Waals surface area contributed by atoms with Crippen molar-refractivity contribution in [3.05, 3.63) is 0 Å². The van der Waals surface area contributed by atoms with Crippen LogP contribution in [0.5, 0.6) is 0 Å². The van der Waals surface area contributed by atoms with Gasteiger partial charge in [0.1, 0.15) is 11.4 Å². The lowest BCUT2D eigenvalue weighted by molar-refractivity contribution is 0.106. The summed E-state index contributed by atoms with van der Waals surface area (Å²) in [5.74, 6) is 0.0346. The van der Waals surface area contributed by atoms with Gasteiger partial charge in [-0.1, -0.05) is 6.42 Å². The fraction of sp³-hybridized carbons (Fsp3) is 1.00. The van der Waals surface area contributed by atoms with Gasteiger partial charge in [-0.25, -0.2) is 0 Å². The molecule has 2 aliphatic carbocycles. The maximum absolute atomic E-state index is 5.99. The van der Waals surface area contributed by atoms with Crippen LogP contribution in [-0.2, 0) is 0 Å². The summed E-state index contributed by atoms with van der Waals surface area (Å²) in [4.78, 5) is 0. The first-order chi connectivity index (χ1) is 6.32. The van der Waals surface area contributed by atoms with Gasteiger partial charge in [-0.2, -0.15) is 0 Å². The highest BCUT2D eigenvalue weighted by molar-refractivity contribution is 5.06. The van der Waals surface area contributed by atoms with Crippen LogP contribution in [0.25, 0.3) is 0 Å². The molecule has 2 rings (SSSR count). The monoisotopic (exact) mass is 199 g/mol. The molecule has 0 aromatic rings. The number of hydrogen-bond acceptors (Lipinski definition) is 5. The average molecular weight is 199 g/mol. The van der Waals surface area contributed by atoms with Gasteiger partial charge in [-0.05, 0) is 37.0 Å². The van der Waals surface area contributed by atoms with Crippen molar-refractivity contribution in [1.29, 1.82) is 0 Å². The molecule has 2 bridgehead atoms. The minimum Gasteiger partial charge on any atom is -0.309 e. The highest BCUT2D eigenvalue weighted by Gasteiger charge is 2.53. The van der Waals surface area contributed by atoms with Gasteiger partial charge in [0.05, 0.1) is 0 Å². The summed E-state index contributed by atoms with van der Waals surface area (Å²) >= 11 is 0. The van der Waals surface area contributed by atoms with Gasteiger partial charge in [-0.3, -0.25) is 17.2 Å². The van der Waals surface area contributed by atoms with Crippen LogP contribution >= 0.6 is 0 Å². The average Bonchev–Trinajstić information content (AvgIpc) is 2.61. The van der Waals surface area contributed by atoms with E-state index in [1.807, 2.05) is 0 Å². The van der Waals surface area contributed by atoms with Gasteiger partial charge in [0, 0.05) is 0 Å². The van der Waals surface area contributed by atoms with E-state index >= 15 is 0 Å². The van der Waals surface area contributed by atoms with Crippen molar-refractivity contribution in [2.75, 3.05) is 0 Å². The zero-order chi connectivity index (χ0) is 10.6. The molecule has 14 heavy (non-hydrogen) atoms. The van der Waals surface area contributed by atoms with Crippen LogP contribution in [0.1, 0.15) is 25.7 Å². The minimum atomic E-state index is -1.48. The molecular weight excluding hydrogens is 178 g/mol. The topological polar surface area (TPSA) is 130 Å². The molecule has 2 aliphatic rings. The molecule has 2 fully saturated rings. The molecule has 0 heterocycles. The first kappa shape index (κ1) is 10.3. The molecule has 5 nitrogen and oxygen atoms in total. The minimum absolute atomic E-state index is 0.182. The van der Waals surface area contributed by atoms with E-state index in [2.05, 4.69) is 0 Å². The fourth-order valence-electron chi connectivity index (χ4n) is 3.15. The zero-order valence-corrected chi connectivity index (χ0v) is 8.45. The SMILES string of the molecule is NC(N)(N)C(N)(N)C1CC2CCC1C2. The molecule has 0 spiro atoms. The summed E-state index contributed by atoms with van der Waals surface area (Å²) in [6.07, 6.45) is 4.74. The zero-order valence-electron chi connectivity index (χ0n) is 8.45. The molecule has 0 amide bonds. The Morgan fingerprint density at radius 3 is 1.86 bits per heavy atom. The van der Waals surface area contributed by atoms with Crippen molar-refractivity contribution in [2.45, 2.75) is 37.1 Å². The van der Waals surface area contributed by atoms with Crippen molar-refractivity contribution >= 4 is 0 Å². The second kappa shape index (κ2) is 2.90. The number of hydrogen-bond donors (Lipinski definition) is 5. The maximum atomic E-state index is 5.99. The van der Waals surface area contributed by atoms with Gasteiger partial charge in [0.15, 0.2) is 0 Å². The van der Waals surface area contributed by atoms with E-state index in [-0.39, 0.29) is 5.92 Å². The Morgan fingerprint density at radius 1 is 0.857 bits per heavy atom. The Hall–Kier alpha value is -0.200. The lowest BCUT2D eigenvalue weighted by Gasteiger charge is -2.44. The van der Waals surface area contributed by atoms with E-state index in [9.17, 15) is 0 Å². The Bertz CT molecular complexity index is 232. The third-order valence-corrected chi connectivity index (χ3v) is 4.10. The molecule has 0 aliphatic heterocycles. The summed E-state index contributed by atoms with van der Waals surface area (Å²) in [5, 5.41) is 0. The smallest absolute Gasteiger partial charge is 0.148 e. The standard InChI is InChI=1S/C9H21N5/c10-8(11,9(12,13)14)7-4-5-1-2-6(7)3-5/h5-7H,1-4,10-14H2. The first-order valence-corrected chi connectivity index (χ1v) is 5.26. The largest absolute Gasteiger partial charge is 0.309 e. The molecule has 0 aromatic carbocycles. The predicted octanol–water partition coefficient (Wildman–Crippen LogP) is -1.43. The molecule has 5 heteroatoms. The van der Waals surface area contributed by atoms with Crippen LogP contribution in [0.4, 0.5) is 0 Å². The second-order valence-corrected chi connectivity index (χ2v) is 5.15. The Kier molecular flexibility index (Phi) is 2.14. The summed E-state index contributed by atoms with van der Waals surface area (Å²) < 4.78 is 0. The van der Waals surface area contributed by atoms with Gasteiger partial charge in [0.2, 0.25) is 0 Å². The molecule has 3 unspecified atom stereocenters. The highest BCUT2D eigenvalue weighted by atomic mass is 15.3. The van der Waals surface area contributed by atoms with Gasteiger partial charge >= 0.3 is 0 Å². The van der Waals surface area contributed by atoms with Crippen LogP contribution in [0.2, 0.25) is 0 Å². The number of rotatable bonds is 2. The van der Waals surface area contributed by atoms with Crippen LogP contribution in [0, 0.1) is 17.8 Å². The van der Waals surface area contributed by atoms with Crippen molar-refractivity contribution in [3.63, 3.8) is 0 Å². The maximum Gasteiger partial charge on any atom is 0.148 e. The summed E-state index contributed by atoms with van der Waals surface area (Å²) in [5.41, 5.74) is 27.7. The molecular formula is C9H21N5. The fourth-order valence-corrected chi connectivity index (χ4v) is 3.15. The Balaban J connectivity index is 2.16. The van der Waals surface area contributed by atoms with E-state index in [1.165, 1.54) is 19.3 Å². The van der Waals surface area contributed by atoms with Crippen LogP contribution in [0.15, 0.2) is 0 Å². The Morgan fingerprint density at radius 2 is 1.50 bits per heavy atom. The number of fused-ring (bicyclic) bond motifs is 2. The Labute approximate surface area is 84.3 Å². The quantitative estimate of drug-likeness (QED) is 0.348. The normalized spacial score (nSPS) is 37.9. The van der Waals surface area contributed by atoms with E-state index in [0.29, 0.717) is 5.92 Å². The van der Waals surface area contributed by atoms with Crippen molar-refractivity contribution in [3.8, 4) is 0 Å². The predicted molar refractivity (Wildman–Crippen MR) is 55.3 cm³/mol. The molecule has 0 saturated heterocycles. The number of nitrogens with two attached hydrogens (primary N) is 5. The van der Waals surface area contributed by atoms with Crippen molar-refractivity contribution < 1.29 is 0 Å². The summed E-state index contributed by atoms with van der Waals surface area (Å²) in [6.45, 7) is 0. The molecule has 82 valence electrons. The molecule has 0 radical (unpaired) electrons. The first-order valence-electron chi connectivity index (χ1n) is 5.26. The summed E-state index contributed by atoms with van der Waals surface area (Å²) in [7, 11) is 0. The van der Waals surface area contributed by atoms with Crippen LogP contribution in [-0.4, -0.2) is 11.4 Å². The van der Waals surface area contributed by atoms with E-state index in [0.717, 1.165) is 12.3 Å². The van der Waals surface area contributed by atoms with Crippen molar-refractivity contribution in [1.82, 2.24) is 0 Å². The van der Waals surface area contributed by atoms with Gasteiger partial charge in [0.25, 0.3) is 0 Å². The molecule has 3 atom stereocenters. The lowest BCUT2D eigenvalue weighted by atomic mass is 9.77. The van der Waals surface area contributed by atoms with Crippen LogP contribution < -0.4 is 28.7 Å². The summed E-state index contributed by atoms with van der Waals surface area (Å²) in [6, 6.07) is 0. The third-order valence-electron chi connectivity index (χ3n) is 4.10. The molecule has 2 saturated carbocycles. The highest BCUT2D eigenvalue weighted by Crippen LogP contribution is 2.51. The molecule has 10 N–H and O–H groups in total. The van der Waals surface area contributed by atoms with E-state index in [1.54, 1.807) is 0 Å². The van der Waals surface area contributed by atoms with E-state index in [4.69, 9.17) is 28.7 Å². The van der Waals surface area contributed by atoms with Crippen LogP contribution in [0.3, 0.4) is 0 Å². The van der Waals surface area contributed by atoms with Gasteiger partial charge in [-0.15, -0.1) is 0 Å². The third kappa shape index (κ3) is 1.36. The van der Waals surface area contributed by atoms with Gasteiger partial charge < -0.3 is 11.5 Å². The van der Waals surface area contributed by atoms with Crippen molar-refractivity contribution in [2.24, 2.45) is 46.4 Å². The lowest BCUT2D eigenvalue weighted by Crippen LogP contribution is -2.83.